The topological polar surface area (TPSA) is 64.3 Å². The molecule has 2 aromatic rings. The lowest BCUT2D eigenvalue weighted by Gasteiger charge is -2.24. The zero-order valence-electron chi connectivity index (χ0n) is 13.7. The average molecular weight is 414 g/mol. The van der Waals surface area contributed by atoms with Crippen molar-refractivity contribution in [3.63, 3.8) is 0 Å². The second-order valence-corrected chi connectivity index (χ2v) is 6.80. The van der Waals surface area contributed by atoms with E-state index < -0.39 is 5.54 Å². The lowest BCUT2D eigenvalue weighted by Crippen LogP contribution is -2.48. The molecule has 6 heteroatoms. The van der Waals surface area contributed by atoms with Crippen molar-refractivity contribution in [1.82, 2.24) is 5.32 Å². The van der Waals surface area contributed by atoms with E-state index in [2.05, 4.69) is 21.2 Å². The predicted molar refractivity (Wildman–Crippen MR) is 103 cm³/mol. The number of benzene rings is 2. The third kappa shape index (κ3) is 5.82. The van der Waals surface area contributed by atoms with Gasteiger partial charge >= 0.3 is 0 Å². The molecular weight excluding hydrogens is 392 g/mol. The van der Waals surface area contributed by atoms with Crippen LogP contribution in [0.2, 0.25) is 0 Å². The van der Waals surface area contributed by atoms with Crippen LogP contribution in [-0.2, 0) is 6.61 Å². The van der Waals surface area contributed by atoms with E-state index in [1.807, 2.05) is 44.2 Å². The van der Waals surface area contributed by atoms with Crippen molar-refractivity contribution in [3.8, 4) is 5.75 Å². The van der Waals surface area contributed by atoms with Crippen LogP contribution in [0.1, 0.15) is 29.8 Å². The fraction of sp³-hybridized carbons (Fsp3) is 0.278. The highest BCUT2D eigenvalue weighted by molar-refractivity contribution is 9.10. The highest BCUT2D eigenvalue weighted by Crippen LogP contribution is 2.20. The number of ether oxygens (including phenoxy) is 1. The Morgan fingerprint density at radius 2 is 1.92 bits per heavy atom. The second-order valence-electron chi connectivity index (χ2n) is 5.95. The third-order valence-electron chi connectivity index (χ3n) is 3.41. The minimum Gasteiger partial charge on any atom is -0.489 e. The Morgan fingerprint density at radius 3 is 2.58 bits per heavy atom. The van der Waals surface area contributed by atoms with Crippen molar-refractivity contribution in [1.29, 1.82) is 0 Å². The van der Waals surface area contributed by atoms with Gasteiger partial charge in [-0.15, -0.1) is 12.4 Å². The Hall–Kier alpha value is -1.56. The van der Waals surface area contributed by atoms with Gasteiger partial charge < -0.3 is 15.8 Å². The number of halogens is 2. The van der Waals surface area contributed by atoms with Crippen LogP contribution in [-0.4, -0.2) is 18.0 Å². The Morgan fingerprint density at radius 1 is 1.21 bits per heavy atom. The maximum absolute atomic E-state index is 12.3. The van der Waals surface area contributed by atoms with Crippen LogP contribution >= 0.6 is 28.3 Å². The van der Waals surface area contributed by atoms with Gasteiger partial charge in [0, 0.05) is 27.7 Å². The van der Waals surface area contributed by atoms with E-state index in [1.165, 1.54) is 0 Å². The zero-order valence-corrected chi connectivity index (χ0v) is 16.1. The van der Waals surface area contributed by atoms with Crippen LogP contribution in [0.25, 0.3) is 0 Å². The number of rotatable bonds is 6. The van der Waals surface area contributed by atoms with Gasteiger partial charge in [-0.2, -0.15) is 0 Å². The minimum absolute atomic E-state index is 0. The van der Waals surface area contributed by atoms with Crippen molar-refractivity contribution in [2.45, 2.75) is 26.0 Å². The van der Waals surface area contributed by atoms with Crippen LogP contribution in [0.15, 0.2) is 53.0 Å². The number of carbonyl (C=O) groups excluding carboxylic acids is 1. The monoisotopic (exact) mass is 412 g/mol. The molecule has 0 fully saturated rings. The summed E-state index contributed by atoms with van der Waals surface area (Å²) in [5.41, 5.74) is 6.80. The van der Waals surface area contributed by atoms with Crippen LogP contribution in [0, 0.1) is 0 Å². The van der Waals surface area contributed by atoms with E-state index in [9.17, 15) is 4.79 Å². The SMILES string of the molecule is CC(C)(CN)NC(=O)c1cccc(OCc2ccccc2Br)c1.Cl. The third-order valence-corrected chi connectivity index (χ3v) is 4.18. The molecule has 0 saturated heterocycles. The van der Waals surface area contributed by atoms with Gasteiger partial charge in [-0.05, 0) is 38.1 Å². The van der Waals surface area contributed by atoms with Gasteiger partial charge in [-0.1, -0.05) is 40.2 Å². The first-order chi connectivity index (χ1) is 10.9. The van der Waals surface area contributed by atoms with E-state index in [1.54, 1.807) is 18.2 Å². The van der Waals surface area contributed by atoms with Crippen molar-refractivity contribution in [2.75, 3.05) is 6.54 Å². The molecule has 0 aromatic heterocycles. The summed E-state index contributed by atoms with van der Waals surface area (Å²) >= 11 is 3.49. The smallest absolute Gasteiger partial charge is 0.251 e. The summed E-state index contributed by atoms with van der Waals surface area (Å²) in [6, 6.07) is 15.0. The van der Waals surface area contributed by atoms with E-state index in [4.69, 9.17) is 10.5 Å². The molecule has 0 aliphatic heterocycles. The number of hydrogen-bond donors (Lipinski definition) is 2. The molecule has 2 rings (SSSR count). The second kappa shape index (κ2) is 9.06. The van der Waals surface area contributed by atoms with Gasteiger partial charge in [-0.3, -0.25) is 4.79 Å². The molecule has 130 valence electrons. The van der Waals surface area contributed by atoms with Crippen molar-refractivity contribution in [3.05, 3.63) is 64.1 Å². The Labute approximate surface area is 157 Å². The molecule has 4 nitrogen and oxygen atoms in total. The molecule has 0 aliphatic rings. The predicted octanol–water partition coefficient (Wildman–Crippen LogP) is 3.92. The summed E-state index contributed by atoms with van der Waals surface area (Å²) in [5, 5.41) is 2.91. The van der Waals surface area contributed by atoms with Crippen molar-refractivity contribution >= 4 is 34.2 Å². The number of nitrogens with one attached hydrogen (secondary N) is 1. The van der Waals surface area contributed by atoms with Crippen LogP contribution in [0.4, 0.5) is 0 Å². The molecule has 0 spiro atoms. The van der Waals surface area contributed by atoms with Crippen molar-refractivity contribution < 1.29 is 9.53 Å². The molecule has 1 amide bonds. The summed E-state index contributed by atoms with van der Waals surface area (Å²) < 4.78 is 6.78. The zero-order chi connectivity index (χ0) is 16.9. The van der Waals surface area contributed by atoms with Gasteiger partial charge in [-0.25, -0.2) is 0 Å². The Bertz CT molecular complexity index is 692. The number of amides is 1. The minimum atomic E-state index is -0.442. The van der Waals surface area contributed by atoms with E-state index in [-0.39, 0.29) is 18.3 Å². The van der Waals surface area contributed by atoms with Crippen LogP contribution < -0.4 is 15.8 Å². The molecule has 0 unspecified atom stereocenters. The molecule has 0 heterocycles. The molecular formula is C18H22BrClN2O2. The summed E-state index contributed by atoms with van der Waals surface area (Å²) in [7, 11) is 0. The molecule has 2 aromatic carbocycles. The lowest BCUT2D eigenvalue weighted by molar-refractivity contribution is 0.0915. The lowest BCUT2D eigenvalue weighted by atomic mass is 10.1. The van der Waals surface area contributed by atoms with Gasteiger partial charge in [0.1, 0.15) is 12.4 Å². The van der Waals surface area contributed by atoms with E-state index in [0.29, 0.717) is 24.5 Å². The first-order valence-electron chi connectivity index (χ1n) is 7.40. The molecule has 0 radical (unpaired) electrons. The quantitative estimate of drug-likeness (QED) is 0.754. The first-order valence-corrected chi connectivity index (χ1v) is 8.19. The molecule has 24 heavy (non-hydrogen) atoms. The maximum Gasteiger partial charge on any atom is 0.251 e. The largest absolute Gasteiger partial charge is 0.489 e. The molecule has 0 saturated carbocycles. The summed E-state index contributed by atoms with van der Waals surface area (Å²) in [4.78, 5) is 12.3. The fourth-order valence-electron chi connectivity index (χ4n) is 1.93. The van der Waals surface area contributed by atoms with Gasteiger partial charge in [0.2, 0.25) is 0 Å². The van der Waals surface area contributed by atoms with Crippen LogP contribution in [0.5, 0.6) is 5.75 Å². The Kier molecular flexibility index (Phi) is 7.73. The highest BCUT2D eigenvalue weighted by Gasteiger charge is 2.19. The van der Waals surface area contributed by atoms with Gasteiger partial charge in [0.05, 0.1) is 0 Å². The van der Waals surface area contributed by atoms with Gasteiger partial charge in [0.15, 0.2) is 0 Å². The number of hydrogen-bond acceptors (Lipinski definition) is 3. The standard InChI is InChI=1S/C18H21BrN2O2.ClH/c1-18(2,12-20)21-17(22)13-7-5-8-15(10-13)23-11-14-6-3-4-9-16(14)19;/h3-10H,11-12,20H2,1-2H3,(H,21,22);1H. The molecule has 0 atom stereocenters. The van der Waals surface area contributed by atoms with Crippen molar-refractivity contribution in [2.24, 2.45) is 5.73 Å². The molecule has 0 bridgehead atoms. The molecule has 0 aliphatic carbocycles. The average Bonchev–Trinajstić information content (AvgIpc) is 2.54. The normalized spacial score (nSPS) is 10.7. The summed E-state index contributed by atoms with van der Waals surface area (Å²) in [5.74, 6) is 0.491. The van der Waals surface area contributed by atoms with E-state index in [0.717, 1.165) is 10.0 Å². The van der Waals surface area contributed by atoms with E-state index >= 15 is 0 Å². The first kappa shape index (κ1) is 20.5. The van der Waals surface area contributed by atoms with Crippen LogP contribution in [0.3, 0.4) is 0 Å². The molecule has 3 N–H and O–H groups in total. The fourth-order valence-corrected chi connectivity index (χ4v) is 2.33. The summed E-state index contributed by atoms with van der Waals surface area (Å²) in [6.45, 7) is 4.58. The number of nitrogens with two attached hydrogens (primary N) is 1. The highest BCUT2D eigenvalue weighted by atomic mass is 79.9. The maximum atomic E-state index is 12.3. The Balaban J connectivity index is 0.00000288. The number of carbonyl (C=O) groups is 1. The van der Waals surface area contributed by atoms with Gasteiger partial charge in [0.25, 0.3) is 5.91 Å². The summed E-state index contributed by atoms with van der Waals surface area (Å²) in [6.07, 6.45) is 0.